The summed E-state index contributed by atoms with van der Waals surface area (Å²) in [6, 6.07) is 0. The summed E-state index contributed by atoms with van der Waals surface area (Å²) < 4.78 is 25.4. The Kier molecular flexibility index (Phi) is 7.99. The van der Waals surface area contributed by atoms with Gasteiger partial charge in [0.1, 0.15) is 17.8 Å². The number of unbranched alkanes of at least 4 members (excludes halogenated alkanes) is 2. The monoisotopic (exact) mass is 492 g/mol. The van der Waals surface area contributed by atoms with Crippen molar-refractivity contribution in [3.63, 3.8) is 0 Å². The Hall–Kier alpha value is -1.44. The van der Waals surface area contributed by atoms with Crippen LogP contribution in [0.3, 0.4) is 0 Å². The lowest BCUT2D eigenvalue weighted by Gasteiger charge is -2.47. The predicted molar refractivity (Wildman–Crippen MR) is 130 cm³/mol. The van der Waals surface area contributed by atoms with Gasteiger partial charge in [0.15, 0.2) is 0 Å². The summed E-state index contributed by atoms with van der Waals surface area (Å²) in [6.45, 7) is 14.6. The second-order valence-electron chi connectivity index (χ2n) is 11.7. The summed E-state index contributed by atoms with van der Waals surface area (Å²) in [7, 11) is 0. The summed E-state index contributed by atoms with van der Waals surface area (Å²) in [5, 5.41) is 11.1. The maximum Gasteiger partial charge on any atom is 0.306 e. The van der Waals surface area contributed by atoms with E-state index >= 15 is 0 Å². The topological polar surface area (TPSA) is 91.3 Å². The third-order valence-corrected chi connectivity index (χ3v) is 9.15. The molecule has 198 valence electrons. The Balaban J connectivity index is 1.73. The van der Waals surface area contributed by atoms with Crippen LogP contribution in [0.4, 0.5) is 0 Å². The van der Waals surface area contributed by atoms with E-state index in [9.17, 15) is 14.7 Å². The van der Waals surface area contributed by atoms with E-state index < -0.39 is 17.8 Å². The molecule has 0 aromatic heterocycles. The summed E-state index contributed by atoms with van der Waals surface area (Å²) in [5.74, 6) is 0.349. The number of esters is 2. The van der Waals surface area contributed by atoms with E-state index in [0.717, 1.165) is 25.7 Å². The highest BCUT2D eigenvalue weighted by Gasteiger charge is 2.65. The van der Waals surface area contributed by atoms with Crippen molar-refractivity contribution in [2.75, 3.05) is 6.61 Å². The minimum atomic E-state index is -0.923. The molecule has 3 aliphatic heterocycles. The fourth-order valence-electron chi connectivity index (χ4n) is 7.25. The molecule has 1 aliphatic carbocycles. The first kappa shape index (κ1) is 26.6. The van der Waals surface area contributed by atoms with Gasteiger partial charge in [0.05, 0.1) is 24.9 Å². The van der Waals surface area contributed by atoms with Crippen LogP contribution in [0.5, 0.6) is 0 Å². The number of aliphatic hydroxyl groups is 1. The van der Waals surface area contributed by atoms with Crippen molar-refractivity contribution in [3.8, 4) is 0 Å². The first-order chi connectivity index (χ1) is 16.6. The van der Waals surface area contributed by atoms with Crippen LogP contribution in [0.2, 0.25) is 0 Å². The van der Waals surface area contributed by atoms with Crippen LogP contribution in [0, 0.1) is 29.6 Å². The third-order valence-electron chi connectivity index (χ3n) is 9.15. The Morgan fingerprint density at radius 3 is 2.57 bits per heavy atom. The normalized spacial score (nSPS) is 45.0. The second kappa shape index (κ2) is 10.5. The molecule has 0 radical (unpaired) electrons. The minimum absolute atomic E-state index is 0.0240. The third kappa shape index (κ3) is 5.05. The van der Waals surface area contributed by atoms with E-state index in [1.807, 2.05) is 6.92 Å². The van der Waals surface area contributed by atoms with Gasteiger partial charge < -0.3 is 24.1 Å². The smallest absolute Gasteiger partial charge is 0.306 e. The minimum Gasteiger partial charge on any atom is -0.462 e. The van der Waals surface area contributed by atoms with Gasteiger partial charge >= 0.3 is 11.9 Å². The lowest BCUT2D eigenvalue weighted by Crippen LogP contribution is -2.58. The van der Waals surface area contributed by atoms with Crippen LogP contribution in [0.25, 0.3) is 0 Å². The van der Waals surface area contributed by atoms with Crippen molar-refractivity contribution in [1.29, 1.82) is 0 Å². The highest BCUT2D eigenvalue weighted by Crippen LogP contribution is 2.58. The van der Waals surface area contributed by atoms with Gasteiger partial charge in [-0.05, 0) is 49.5 Å². The SMILES string of the molecule is C=C1C[C@@H]2O[C@H]3[C@H]4[C@@H](C[C@@H](C)[C@@H](OC(C)=O)[C@H]42)[C@@H](C)CO[C@@]3(C)[C@H](OC(=O)CCCCC)C[C@H]1O. The highest BCUT2D eigenvalue weighted by molar-refractivity contribution is 5.69. The number of carbonyl (C=O) groups excluding carboxylic acids is 2. The molecule has 1 saturated carbocycles. The van der Waals surface area contributed by atoms with Gasteiger partial charge in [0, 0.05) is 31.6 Å². The first-order valence-corrected chi connectivity index (χ1v) is 13.6. The molecule has 4 fully saturated rings. The average molecular weight is 493 g/mol. The van der Waals surface area contributed by atoms with E-state index in [-0.39, 0.29) is 60.3 Å². The van der Waals surface area contributed by atoms with Crippen molar-refractivity contribution in [3.05, 3.63) is 12.2 Å². The van der Waals surface area contributed by atoms with E-state index in [4.69, 9.17) is 18.9 Å². The molecule has 0 unspecified atom stereocenters. The molecule has 0 aromatic rings. The summed E-state index contributed by atoms with van der Waals surface area (Å²) in [4.78, 5) is 24.9. The average Bonchev–Trinajstić information content (AvgIpc) is 3.14. The molecule has 11 atom stereocenters. The van der Waals surface area contributed by atoms with Gasteiger partial charge in [-0.25, -0.2) is 0 Å². The number of hydrogen-bond acceptors (Lipinski definition) is 7. The summed E-state index contributed by atoms with van der Waals surface area (Å²) in [6.07, 6.45) is 2.44. The fourth-order valence-corrected chi connectivity index (χ4v) is 7.25. The molecular weight excluding hydrogens is 448 g/mol. The van der Waals surface area contributed by atoms with Crippen LogP contribution < -0.4 is 0 Å². The summed E-state index contributed by atoms with van der Waals surface area (Å²) >= 11 is 0. The zero-order valence-electron chi connectivity index (χ0n) is 22.0. The molecule has 7 heteroatoms. The van der Waals surface area contributed by atoms with Crippen LogP contribution >= 0.6 is 0 Å². The highest BCUT2D eigenvalue weighted by atomic mass is 16.6. The van der Waals surface area contributed by atoms with Crippen LogP contribution in [-0.4, -0.2) is 59.8 Å². The molecule has 0 spiro atoms. The molecular formula is C28H44O7. The van der Waals surface area contributed by atoms with Crippen LogP contribution in [0.1, 0.15) is 79.6 Å². The molecule has 7 nitrogen and oxygen atoms in total. The maximum atomic E-state index is 12.8. The van der Waals surface area contributed by atoms with Crippen molar-refractivity contribution in [2.24, 2.45) is 29.6 Å². The van der Waals surface area contributed by atoms with Crippen LogP contribution in [0.15, 0.2) is 12.2 Å². The molecule has 1 N–H and O–H groups in total. The van der Waals surface area contributed by atoms with Crippen molar-refractivity contribution >= 4 is 11.9 Å². The molecule has 35 heavy (non-hydrogen) atoms. The van der Waals surface area contributed by atoms with Crippen molar-refractivity contribution < 1.29 is 33.6 Å². The van der Waals surface area contributed by atoms with Gasteiger partial charge in [-0.2, -0.15) is 0 Å². The Morgan fingerprint density at radius 2 is 1.89 bits per heavy atom. The number of ether oxygens (including phenoxy) is 4. The van der Waals surface area contributed by atoms with E-state index in [1.54, 1.807) is 0 Å². The zero-order valence-corrected chi connectivity index (χ0v) is 22.0. The van der Waals surface area contributed by atoms with Crippen molar-refractivity contribution in [2.45, 2.75) is 116 Å². The standard InChI is InChI=1S/C28H44O7/c1-7-8-9-10-23(31)35-22-13-20(30)15(2)12-21-25-24-19(11-16(3)26(25)33-18(5)29)17(4)14-32-28(22,6)27(24)34-21/h16-17,19-22,24-27,30H,2,7-14H2,1,3-6H3/t16-,17+,19+,20-,21+,22-,24+,25+,26-,27+,28+/m1/s1. The number of fused-ring (bicyclic) bond motifs is 2. The number of aliphatic hydroxyl groups excluding tert-OH is 1. The predicted octanol–water partition coefficient (Wildman–Crippen LogP) is 4.20. The number of carbonyl (C=O) groups is 2. The Morgan fingerprint density at radius 1 is 1.14 bits per heavy atom. The Labute approximate surface area is 209 Å². The summed E-state index contributed by atoms with van der Waals surface area (Å²) in [5.41, 5.74) is -0.261. The molecule has 3 saturated heterocycles. The van der Waals surface area contributed by atoms with Gasteiger partial charge in [0.25, 0.3) is 0 Å². The zero-order chi connectivity index (χ0) is 25.5. The molecule has 4 aliphatic rings. The van der Waals surface area contributed by atoms with Gasteiger partial charge in [-0.1, -0.05) is 40.2 Å². The largest absolute Gasteiger partial charge is 0.462 e. The van der Waals surface area contributed by atoms with Gasteiger partial charge in [-0.15, -0.1) is 0 Å². The lowest BCUT2D eigenvalue weighted by molar-refractivity contribution is -0.205. The van der Waals surface area contributed by atoms with Gasteiger partial charge in [-0.3, -0.25) is 9.59 Å². The Bertz CT molecular complexity index is 811. The van der Waals surface area contributed by atoms with E-state index in [1.165, 1.54) is 6.92 Å². The van der Waals surface area contributed by atoms with Crippen molar-refractivity contribution in [1.82, 2.24) is 0 Å². The molecule has 3 heterocycles. The quantitative estimate of drug-likeness (QED) is 0.337. The van der Waals surface area contributed by atoms with Crippen LogP contribution in [-0.2, 0) is 28.5 Å². The number of hydrogen-bond donors (Lipinski definition) is 1. The number of rotatable bonds is 6. The van der Waals surface area contributed by atoms with E-state index in [2.05, 4.69) is 27.4 Å². The molecule has 2 bridgehead atoms. The molecule has 0 aromatic carbocycles. The van der Waals surface area contributed by atoms with Gasteiger partial charge in [0.2, 0.25) is 0 Å². The first-order valence-electron chi connectivity index (χ1n) is 13.6. The fraction of sp³-hybridized carbons (Fsp3) is 0.857. The molecule has 4 rings (SSSR count). The maximum absolute atomic E-state index is 12.8. The second-order valence-corrected chi connectivity index (χ2v) is 11.7. The van der Waals surface area contributed by atoms with E-state index in [0.29, 0.717) is 30.9 Å². The lowest BCUT2D eigenvalue weighted by atomic mass is 9.59. The molecule has 0 amide bonds.